The summed E-state index contributed by atoms with van der Waals surface area (Å²) < 4.78 is 16.7. The molecule has 0 fully saturated rings. The van der Waals surface area contributed by atoms with Crippen LogP contribution in [0.4, 0.5) is 0 Å². The molecule has 1 atom stereocenters. The average Bonchev–Trinajstić information content (AvgIpc) is 3.28. The minimum Gasteiger partial charge on any atom is -0.462 e. The van der Waals surface area contributed by atoms with E-state index in [2.05, 4.69) is 118 Å². The van der Waals surface area contributed by atoms with Crippen LogP contribution in [0.25, 0.3) is 0 Å². The zero-order chi connectivity index (χ0) is 45.8. The Hall–Kier alpha value is -3.67. The van der Waals surface area contributed by atoms with Gasteiger partial charge in [0.2, 0.25) is 0 Å². The molecule has 0 aliphatic carbocycles. The molecular weight excluding hydrogens is 781 g/mol. The minimum atomic E-state index is -0.817. The number of ether oxygens (including phenoxy) is 3. The van der Waals surface area contributed by atoms with Crippen molar-refractivity contribution in [2.75, 3.05) is 13.2 Å². The highest BCUT2D eigenvalue weighted by atomic mass is 16.6. The van der Waals surface area contributed by atoms with Gasteiger partial charge in [0.05, 0.1) is 0 Å². The van der Waals surface area contributed by atoms with E-state index in [4.69, 9.17) is 14.2 Å². The van der Waals surface area contributed by atoms with E-state index in [1.54, 1.807) is 0 Å². The Kier molecular flexibility index (Phi) is 48.0. The van der Waals surface area contributed by atoms with Gasteiger partial charge >= 0.3 is 17.9 Å². The van der Waals surface area contributed by atoms with Crippen LogP contribution >= 0.6 is 0 Å². The van der Waals surface area contributed by atoms with Crippen LogP contribution in [0.2, 0.25) is 0 Å². The van der Waals surface area contributed by atoms with Gasteiger partial charge in [0.15, 0.2) is 6.10 Å². The van der Waals surface area contributed by atoms with E-state index in [1.807, 2.05) is 0 Å². The summed E-state index contributed by atoms with van der Waals surface area (Å²) >= 11 is 0. The molecule has 0 N–H and O–H groups in total. The number of carbonyl (C=O) groups is 3. The maximum absolute atomic E-state index is 12.8. The lowest BCUT2D eigenvalue weighted by Crippen LogP contribution is -2.30. The monoisotopic (exact) mass is 875 g/mol. The number of hydrogen-bond acceptors (Lipinski definition) is 6. The molecule has 0 aromatic carbocycles. The molecule has 0 spiro atoms. The largest absolute Gasteiger partial charge is 0.462 e. The van der Waals surface area contributed by atoms with Gasteiger partial charge in [-0.05, 0) is 116 Å². The summed E-state index contributed by atoms with van der Waals surface area (Å²) in [7, 11) is 0. The zero-order valence-corrected chi connectivity index (χ0v) is 40.8. The van der Waals surface area contributed by atoms with Crippen LogP contribution in [0.5, 0.6) is 0 Å². The van der Waals surface area contributed by atoms with Crippen LogP contribution in [0.3, 0.4) is 0 Å². The predicted octanol–water partition coefficient (Wildman–Crippen LogP) is 17.0. The highest BCUT2D eigenvalue weighted by Crippen LogP contribution is 2.12. The van der Waals surface area contributed by atoms with E-state index in [0.717, 1.165) is 109 Å². The zero-order valence-electron chi connectivity index (χ0n) is 40.8. The third-order valence-electron chi connectivity index (χ3n) is 10.5. The first kappa shape index (κ1) is 59.3. The summed E-state index contributed by atoms with van der Waals surface area (Å²) in [5, 5.41) is 0. The van der Waals surface area contributed by atoms with Crippen molar-refractivity contribution in [3.8, 4) is 0 Å². The molecule has 0 rings (SSSR count). The second-order valence-corrected chi connectivity index (χ2v) is 16.7. The van der Waals surface area contributed by atoms with E-state index in [9.17, 15) is 14.4 Å². The summed E-state index contributed by atoms with van der Waals surface area (Å²) in [5.41, 5.74) is 0. The smallest absolute Gasteiger partial charge is 0.306 e. The number of unbranched alkanes of at least 4 members (excludes halogenated alkanes) is 18. The van der Waals surface area contributed by atoms with Gasteiger partial charge in [-0.3, -0.25) is 14.4 Å². The summed E-state index contributed by atoms with van der Waals surface area (Å²) in [5.74, 6) is -1.01. The second kappa shape index (κ2) is 51.0. The van der Waals surface area contributed by atoms with E-state index in [1.165, 1.54) is 70.6 Å². The van der Waals surface area contributed by atoms with Gasteiger partial charge < -0.3 is 14.2 Å². The Labute approximate surface area is 387 Å². The first-order chi connectivity index (χ1) is 31.0. The molecule has 0 amide bonds. The van der Waals surface area contributed by atoms with Crippen molar-refractivity contribution in [3.63, 3.8) is 0 Å². The first-order valence-corrected chi connectivity index (χ1v) is 25.7. The van der Waals surface area contributed by atoms with Crippen LogP contribution in [-0.2, 0) is 28.6 Å². The summed E-state index contributed by atoms with van der Waals surface area (Å²) in [6, 6.07) is 0. The lowest BCUT2D eigenvalue weighted by Gasteiger charge is -2.18. The quantitative estimate of drug-likeness (QED) is 0.0262. The van der Waals surface area contributed by atoms with Crippen molar-refractivity contribution >= 4 is 17.9 Å². The highest BCUT2D eigenvalue weighted by Gasteiger charge is 2.19. The third-order valence-corrected chi connectivity index (χ3v) is 10.5. The number of allylic oxidation sites excluding steroid dienone is 16. The average molecular weight is 875 g/mol. The van der Waals surface area contributed by atoms with Crippen molar-refractivity contribution < 1.29 is 28.6 Å². The fourth-order valence-corrected chi connectivity index (χ4v) is 6.68. The fourth-order valence-electron chi connectivity index (χ4n) is 6.68. The normalized spacial score (nSPS) is 12.9. The molecule has 0 radical (unpaired) electrons. The molecule has 0 aliphatic heterocycles. The Bertz CT molecular complexity index is 1280. The molecule has 0 saturated carbocycles. The van der Waals surface area contributed by atoms with Crippen LogP contribution < -0.4 is 0 Å². The maximum Gasteiger partial charge on any atom is 0.306 e. The number of rotatable bonds is 45. The van der Waals surface area contributed by atoms with Crippen molar-refractivity contribution in [1.29, 1.82) is 0 Å². The highest BCUT2D eigenvalue weighted by molar-refractivity contribution is 5.71. The summed E-state index contributed by atoms with van der Waals surface area (Å²) in [4.78, 5) is 37.9. The van der Waals surface area contributed by atoms with Crippen LogP contribution in [-0.4, -0.2) is 37.2 Å². The summed E-state index contributed by atoms with van der Waals surface area (Å²) in [6.45, 7) is 6.40. The van der Waals surface area contributed by atoms with Crippen molar-refractivity contribution in [2.24, 2.45) is 0 Å². The van der Waals surface area contributed by atoms with Gasteiger partial charge in [-0.15, -0.1) is 0 Å². The molecule has 0 heterocycles. The SMILES string of the molecule is CC/C=C\C/C=C\C/C=C\CCCCCCC(=O)OC(COC(=O)CCC/C=C\C/C=C\C/C=C\C/C=C\CCCCC)COC(=O)CCCCC/C=C\CCCCCCCCC. The van der Waals surface area contributed by atoms with E-state index >= 15 is 0 Å². The maximum atomic E-state index is 12.8. The molecule has 0 aromatic heterocycles. The van der Waals surface area contributed by atoms with Crippen LogP contribution in [0.15, 0.2) is 97.2 Å². The van der Waals surface area contributed by atoms with Gasteiger partial charge in [0, 0.05) is 19.3 Å². The van der Waals surface area contributed by atoms with Gasteiger partial charge in [0.25, 0.3) is 0 Å². The fraction of sp³-hybridized carbons (Fsp3) is 0.667. The van der Waals surface area contributed by atoms with Crippen LogP contribution in [0.1, 0.15) is 226 Å². The van der Waals surface area contributed by atoms with Crippen molar-refractivity contribution in [3.05, 3.63) is 97.2 Å². The standard InChI is InChI=1S/C57H94O6/c1-4-7-10-13-16-19-22-25-28-29-30-33-35-38-41-44-47-50-56(59)62-53-54(63-57(60)51-48-45-42-39-36-32-27-24-21-18-15-12-9-6-3)52-61-55(58)49-46-43-40-37-34-31-26-23-20-17-14-11-8-5-2/h9,12,16,18-19,21,25,27-28,30-34,38,41,54H,4-8,10-11,13-15,17,20,22-24,26,29,35-37,39-40,42-53H2,1-3H3/b12-9-,19-16-,21-18-,28-25-,32-27-,33-30-,34-31-,41-38-. The Morgan fingerprint density at radius 1 is 0.333 bits per heavy atom. The molecular formula is C57H94O6. The minimum absolute atomic E-state index is 0.113. The topological polar surface area (TPSA) is 78.9 Å². The lowest BCUT2D eigenvalue weighted by molar-refractivity contribution is -0.167. The number of carbonyl (C=O) groups excluding carboxylic acids is 3. The molecule has 63 heavy (non-hydrogen) atoms. The molecule has 1 unspecified atom stereocenters. The molecule has 0 saturated heterocycles. The van der Waals surface area contributed by atoms with Gasteiger partial charge in [-0.25, -0.2) is 0 Å². The van der Waals surface area contributed by atoms with Gasteiger partial charge in [-0.2, -0.15) is 0 Å². The molecule has 358 valence electrons. The van der Waals surface area contributed by atoms with Gasteiger partial charge in [0.1, 0.15) is 13.2 Å². The lowest BCUT2D eigenvalue weighted by atomic mass is 10.1. The van der Waals surface area contributed by atoms with Crippen molar-refractivity contribution in [2.45, 2.75) is 232 Å². The molecule has 0 aliphatic rings. The Morgan fingerprint density at radius 2 is 0.635 bits per heavy atom. The van der Waals surface area contributed by atoms with E-state index in [-0.39, 0.29) is 44.0 Å². The van der Waals surface area contributed by atoms with Gasteiger partial charge in [-0.1, -0.05) is 189 Å². The number of esters is 3. The second-order valence-electron chi connectivity index (χ2n) is 16.7. The number of hydrogen-bond donors (Lipinski definition) is 0. The van der Waals surface area contributed by atoms with E-state index < -0.39 is 6.10 Å². The third kappa shape index (κ3) is 49.2. The Morgan fingerprint density at radius 3 is 1.10 bits per heavy atom. The molecule has 6 heteroatoms. The summed E-state index contributed by atoms with van der Waals surface area (Å²) in [6.07, 6.45) is 66.8. The van der Waals surface area contributed by atoms with Crippen LogP contribution in [0, 0.1) is 0 Å². The molecule has 6 nitrogen and oxygen atoms in total. The first-order valence-electron chi connectivity index (χ1n) is 25.7. The van der Waals surface area contributed by atoms with E-state index in [0.29, 0.717) is 12.8 Å². The van der Waals surface area contributed by atoms with Crippen molar-refractivity contribution in [1.82, 2.24) is 0 Å². The predicted molar refractivity (Wildman–Crippen MR) is 270 cm³/mol. The molecule has 0 bridgehead atoms. The Balaban J connectivity index is 4.54. The molecule has 0 aromatic rings.